The molecule has 6 nitrogen and oxygen atoms in total. The number of para-hydroxylation sites is 1. The number of rotatable bonds is 11. The van der Waals surface area contributed by atoms with E-state index in [1.165, 1.54) is 0 Å². The second-order valence-corrected chi connectivity index (χ2v) is 13.9. The average molecular weight is 651 g/mol. The second-order valence-electron chi connectivity index (χ2n) is 10.9. The maximum atomic E-state index is 5.66. The van der Waals surface area contributed by atoms with Crippen LogP contribution >= 0.6 is 46.0 Å². The molecule has 0 unspecified atom stereocenters. The van der Waals surface area contributed by atoms with Gasteiger partial charge in [-0.1, -0.05) is 104 Å². The highest BCUT2D eigenvalue weighted by molar-refractivity contribution is 8.76. The van der Waals surface area contributed by atoms with E-state index in [1.54, 1.807) is 21.6 Å². The molecule has 0 radical (unpaired) electrons. The lowest BCUT2D eigenvalue weighted by molar-refractivity contribution is 0.411. The van der Waals surface area contributed by atoms with Crippen molar-refractivity contribution in [2.75, 3.05) is 19.0 Å². The summed E-state index contributed by atoms with van der Waals surface area (Å²) in [4.78, 5) is 6.17. The van der Waals surface area contributed by atoms with Gasteiger partial charge in [0.2, 0.25) is 0 Å². The van der Waals surface area contributed by atoms with Gasteiger partial charge in [0, 0.05) is 46.7 Å². The van der Waals surface area contributed by atoms with Gasteiger partial charge in [0.15, 0.2) is 10.2 Å². The minimum atomic E-state index is 0.176. The van der Waals surface area contributed by atoms with Crippen molar-refractivity contribution in [2.45, 2.75) is 57.4 Å². The van der Waals surface area contributed by atoms with E-state index in [4.69, 9.17) is 34.6 Å². The topological polar surface area (TPSA) is 55.3 Å². The Labute approximate surface area is 276 Å². The zero-order valence-electron chi connectivity index (χ0n) is 26.2. The van der Waals surface area contributed by atoms with E-state index in [2.05, 4.69) is 101 Å². The summed E-state index contributed by atoms with van der Waals surface area (Å²) in [7, 11) is 7.34. The molecule has 0 saturated heterocycles. The Bertz CT molecular complexity index is 1440. The Hall–Kier alpha value is -2.92. The summed E-state index contributed by atoms with van der Waals surface area (Å²) in [5, 5.41) is 10.7. The number of nitrogens with one attached hydrogen (secondary N) is 2. The summed E-state index contributed by atoms with van der Waals surface area (Å²) < 4.78 is 0. The fourth-order valence-electron chi connectivity index (χ4n) is 3.97. The van der Waals surface area contributed by atoms with E-state index in [-0.39, 0.29) is 17.9 Å². The molecule has 0 aliphatic carbocycles. The molecule has 0 aliphatic heterocycles. The number of hydrazone groups is 2. The summed E-state index contributed by atoms with van der Waals surface area (Å²) in [6, 6.07) is 27.1. The van der Waals surface area contributed by atoms with Gasteiger partial charge in [-0.15, -0.1) is 0 Å². The highest BCUT2D eigenvalue weighted by Crippen LogP contribution is 2.41. The highest BCUT2D eigenvalue weighted by atomic mass is 33.1. The van der Waals surface area contributed by atoms with E-state index < -0.39 is 0 Å². The Kier molecular flexibility index (Phi) is 13.5. The molecule has 2 N–H and O–H groups in total. The largest absolute Gasteiger partial charge is 0.349 e. The van der Waals surface area contributed by atoms with Gasteiger partial charge in [0.25, 0.3) is 0 Å². The van der Waals surface area contributed by atoms with Crippen LogP contribution in [0.2, 0.25) is 0 Å². The molecule has 0 aromatic heterocycles. The van der Waals surface area contributed by atoms with Crippen LogP contribution in [-0.4, -0.2) is 46.7 Å². The fourth-order valence-corrected chi connectivity index (χ4v) is 6.76. The third-order valence-corrected chi connectivity index (χ3v) is 9.95. The van der Waals surface area contributed by atoms with E-state index >= 15 is 0 Å². The van der Waals surface area contributed by atoms with Gasteiger partial charge in [0.05, 0.1) is 11.4 Å². The van der Waals surface area contributed by atoms with Gasteiger partial charge in [-0.05, 0) is 74.4 Å². The van der Waals surface area contributed by atoms with E-state index in [1.807, 2.05) is 54.2 Å². The predicted octanol–water partition coefficient (Wildman–Crippen LogP) is 8.43. The quantitative estimate of drug-likeness (QED) is 0.0929. The molecular weight excluding hydrogens is 609 g/mol. The molecule has 3 aromatic rings. The van der Waals surface area contributed by atoms with Gasteiger partial charge in [0.1, 0.15) is 0 Å². The van der Waals surface area contributed by atoms with Gasteiger partial charge in [-0.3, -0.25) is 10.9 Å². The predicted molar refractivity (Wildman–Crippen MR) is 197 cm³/mol. The minimum absolute atomic E-state index is 0.176. The lowest BCUT2D eigenvalue weighted by Gasteiger charge is -2.24. The van der Waals surface area contributed by atoms with Crippen molar-refractivity contribution < 1.29 is 0 Å². The molecule has 10 heteroatoms. The van der Waals surface area contributed by atoms with Crippen LogP contribution in [0.15, 0.2) is 98.9 Å². The number of benzene rings is 3. The third-order valence-electron chi connectivity index (χ3n) is 6.73. The zero-order valence-corrected chi connectivity index (χ0v) is 29.4. The van der Waals surface area contributed by atoms with Gasteiger partial charge in [-0.2, -0.15) is 10.2 Å². The SMILES string of the molecule is CC(C)/C(=N\NC(=S)N(C)c1ccccc1)c1ccccc1SSc1ccccc1/C(=N/NC(=S)N(C)C(C)C)C(C)C. The standard InChI is InChI=1S/C33H42N6S4/c1-22(2)30(34-36-32(40)38(7)24(5)6)26-18-12-14-20-28(26)42-43-29-21-15-13-19-27(29)31(23(3)4)35-37-33(41)39(8)25-16-10-9-11-17-25/h9-24H,1-8H3,(H,36,40)(H,37,41)/b34-30+,35-31+. The first-order valence-corrected chi connectivity index (χ1v) is 17.3. The Morgan fingerprint density at radius 2 is 1.05 bits per heavy atom. The van der Waals surface area contributed by atoms with Gasteiger partial charge < -0.3 is 9.80 Å². The first-order valence-electron chi connectivity index (χ1n) is 14.3. The summed E-state index contributed by atoms with van der Waals surface area (Å²) in [5.41, 5.74) is 11.3. The number of nitrogens with zero attached hydrogens (tertiary/aromatic N) is 4. The molecular formula is C33H42N6S4. The van der Waals surface area contributed by atoms with Crippen LogP contribution in [0, 0.1) is 11.8 Å². The maximum Gasteiger partial charge on any atom is 0.193 e. The van der Waals surface area contributed by atoms with Crippen LogP contribution in [0.4, 0.5) is 5.69 Å². The van der Waals surface area contributed by atoms with Gasteiger partial charge >= 0.3 is 0 Å². The van der Waals surface area contributed by atoms with Crippen molar-refractivity contribution in [1.82, 2.24) is 15.8 Å². The van der Waals surface area contributed by atoms with Crippen molar-refractivity contribution in [3.8, 4) is 0 Å². The van der Waals surface area contributed by atoms with Crippen molar-refractivity contribution in [1.29, 1.82) is 0 Å². The van der Waals surface area contributed by atoms with Crippen LogP contribution in [0.1, 0.15) is 52.7 Å². The maximum absolute atomic E-state index is 5.66. The first-order chi connectivity index (χ1) is 20.5. The molecule has 0 bridgehead atoms. The average Bonchev–Trinajstić information content (AvgIpc) is 3.00. The molecule has 0 atom stereocenters. The Morgan fingerprint density at radius 3 is 1.49 bits per heavy atom. The molecule has 228 valence electrons. The van der Waals surface area contributed by atoms with Crippen LogP contribution in [-0.2, 0) is 0 Å². The molecule has 43 heavy (non-hydrogen) atoms. The van der Waals surface area contributed by atoms with E-state index in [0.29, 0.717) is 10.2 Å². The van der Waals surface area contributed by atoms with Crippen molar-refractivity contribution >= 4 is 73.4 Å². The molecule has 0 heterocycles. The summed E-state index contributed by atoms with van der Waals surface area (Å²) in [6.07, 6.45) is 0. The molecule has 0 fully saturated rings. The third kappa shape index (κ3) is 9.79. The molecule has 3 aromatic carbocycles. The Balaban J connectivity index is 1.84. The zero-order chi connectivity index (χ0) is 31.5. The summed E-state index contributed by atoms with van der Waals surface area (Å²) >= 11 is 11.2. The second kappa shape index (κ2) is 16.8. The Morgan fingerprint density at radius 1 is 0.628 bits per heavy atom. The lowest BCUT2D eigenvalue weighted by atomic mass is 10.0. The molecule has 0 aliphatic rings. The lowest BCUT2D eigenvalue weighted by Crippen LogP contribution is -2.39. The summed E-state index contributed by atoms with van der Waals surface area (Å²) in [5.74, 6) is 0.372. The van der Waals surface area contributed by atoms with Crippen LogP contribution < -0.4 is 15.8 Å². The number of thiocarbonyl (C=S) groups is 2. The van der Waals surface area contributed by atoms with Crippen LogP contribution in [0.25, 0.3) is 0 Å². The van der Waals surface area contributed by atoms with Crippen LogP contribution in [0.3, 0.4) is 0 Å². The number of hydrogen-bond acceptors (Lipinski definition) is 6. The van der Waals surface area contributed by atoms with Crippen LogP contribution in [0.5, 0.6) is 0 Å². The highest BCUT2D eigenvalue weighted by Gasteiger charge is 2.18. The number of hydrogen-bond donors (Lipinski definition) is 2. The minimum Gasteiger partial charge on any atom is -0.349 e. The van der Waals surface area contributed by atoms with Crippen molar-refractivity contribution in [3.63, 3.8) is 0 Å². The summed E-state index contributed by atoms with van der Waals surface area (Å²) in [6.45, 7) is 12.8. The number of anilines is 1. The normalized spacial score (nSPS) is 12.1. The molecule has 3 rings (SSSR count). The smallest absolute Gasteiger partial charge is 0.193 e. The van der Waals surface area contributed by atoms with Crippen molar-refractivity contribution in [3.05, 3.63) is 90.0 Å². The fraction of sp³-hybridized carbons (Fsp3) is 0.333. The first kappa shape index (κ1) is 34.6. The molecule has 0 saturated carbocycles. The van der Waals surface area contributed by atoms with E-state index in [0.717, 1.165) is 38.0 Å². The van der Waals surface area contributed by atoms with Gasteiger partial charge in [-0.25, -0.2) is 0 Å². The van der Waals surface area contributed by atoms with Crippen molar-refractivity contribution in [2.24, 2.45) is 22.0 Å². The van der Waals surface area contributed by atoms with E-state index in [9.17, 15) is 0 Å². The molecule has 0 spiro atoms. The molecule has 0 amide bonds. The monoisotopic (exact) mass is 650 g/mol.